The second kappa shape index (κ2) is 7.80. The van der Waals surface area contributed by atoms with E-state index >= 15 is 0 Å². The van der Waals surface area contributed by atoms with Crippen LogP contribution < -0.4 is 9.46 Å². The molecule has 0 atom stereocenters. The van der Waals surface area contributed by atoms with Crippen LogP contribution in [0.1, 0.15) is 15.9 Å². The molecule has 0 aromatic heterocycles. The Morgan fingerprint density at radius 3 is 2.48 bits per heavy atom. The van der Waals surface area contributed by atoms with Gasteiger partial charge in [0.05, 0.1) is 12.7 Å². The van der Waals surface area contributed by atoms with Crippen molar-refractivity contribution in [2.75, 3.05) is 13.7 Å². The van der Waals surface area contributed by atoms with E-state index in [0.717, 1.165) is 12.7 Å². The van der Waals surface area contributed by atoms with E-state index in [4.69, 9.17) is 4.74 Å². The minimum Gasteiger partial charge on any atom is -0.484 e. The third-order valence-electron chi connectivity index (χ3n) is 3.19. The molecular formula is C17H17NO6S. The minimum absolute atomic E-state index is 0.162. The summed E-state index contributed by atoms with van der Waals surface area (Å²) in [7, 11) is -3.10. The van der Waals surface area contributed by atoms with E-state index in [1.54, 1.807) is 18.2 Å². The highest BCUT2D eigenvalue weighted by Gasteiger charge is 2.24. The summed E-state index contributed by atoms with van der Waals surface area (Å²) in [6.07, 6.45) is 0. The zero-order valence-corrected chi connectivity index (χ0v) is 14.5. The number of hydrogen-bond donors (Lipinski definition) is 1. The smallest absolute Gasteiger partial charge is 0.339 e. The summed E-state index contributed by atoms with van der Waals surface area (Å²) in [5, 5.41) is 0. The van der Waals surface area contributed by atoms with E-state index in [0.29, 0.717) is 5.75 Å². The SMILES string of the molecule is COC(=O)c1ccccc1S(=O)(=O)NC(=O)COc1cccc(C)c1. The summed E-state index contributed by atoms with van der Waals surface area (Å²) in [4.78, 5) is 23.3. The van der Waals surface area contributed by atoms with Crippen molar-refractivity contribution in [2.45, 2.75) is 11.8 Å². The zero-order chi connectivity index (χ0) is 18.4. The first-order chi connectivity index (χ1) is 11.8. The summed E-state index contributed by atoms with van der Waals surface area (Å²) in [5.41, 5.74) is 0.780. The van der Waals surface area contributed by atoms with Crippen molar-refractivity contribution >= 4 is 21.9 Å². The second-order valence-electron chi connectivity index (χ2n) is 5.12. The van der Waals surface area contributed by atoms with Gasteiger partial charge in [-0.15, -0.1) is 0 Å². The van der Waals surface area contributed by atoms with Crippen molar-refractivity contribution in [2.24, 2.45) is 0 Å². The van der Waals surface area contributed by atoms with Gasteiger partial charge in [-0.05, 0) is 36.8 Å². The molecular weight excluding hydrogens is 346 g/mol. The minimum atomic E-state index is -4.24. The Balaban J connectivity index is 2.11. The van der Waals surface area contributed by atoms with E-state index in [9.17, 15) is 18.0 Å². The lowest BCUT2D eigenvalue weighted by molar-refractivity contribution is -0.121. The highest BCUT2D eigenvalue weighted by Crippen LogP contribution is 2.16. The van der Waals surface area contributed by atoms with Crippen LogP contribution in [0.25, 0.3) is 0 Å². The van der Waals surface area contributed by atoms with E-state index in [1.807, 2.05) is 17.7 Å². The van der Waals surface area contributed by atoms with E-state index in [2.05, 4.69) is 4.74 Å². The van der Waals surface area contributed by atoms with Crippen molar-refractivity contribution in [3.63, 3.8) is 0 Å². The van der Waals surface area contributed by atoms with Crippen molar-refractivity contribution in [1.29, 1.82) is 0 Å². The Hall–Kier alpha value is -2.87. The first-order valence-corrected chi connectivity index (χ1v) is 8.74. The molecule has 0 fully saturated rings. The molecule has 0 unspecified atom stereocenters. The summed E-state index contributed by atoms with van der Waals surface area (Å²) in [5.74, 6) is -1.23. The third kappa shape index (κ3) is 4.80. The maximum absolute atomic E-state index is 12.4. The fourth-order valence-electron chi connectivity index (χ4n) is 2.07. The zero-order valence-electron chi connectivity index (χ0n) is 13.7. The van der Waals surface area contributed by atoms with Crippen LogP contribution in [0, 0.1) is 6.92 Å². The molecule has 1 N–H and O–H groups in total. The lowest BCUT2D eigenvalue weighted by atomic mass is 10.2. The molecule has 7 nitrogen and oxygen atoms in total. The van der Waals surface area contributed by atoms with Gasteiger partial charge in [0.15, 0.2) is 6.61 Å². The van der Waals surface area contributed by atoms with Crippen LogP contribution >= 0.6 is 0 Å². The Labute approximate surface area is 145 Å². The molecule has 0 bridgehead atoms. The number of hydrogen-bond acceptors (Lipinski definition) is 6. The third-order valence-corrected chi connectivity index (χ3v) is 4.62. The Kier molecular flexibility index (Phi) is 5.76. The normalized spacial score (nSPS) is 10.8. The number of sulfonamides is 1. The highest BCUT2D eigenvalue weighted by atomic mass is 32.2. The molecule has 0 radical (unpaired) electrons. The topological polar surface area (TPSA) is 98.8 Å². The molecule has 0 heterocycles. The van der Waals surface area contributed by atoms with Gasteiger partial charge < -0.3 is 9.47 Å². The maximum atomic E-state index is 12.4. The quantitative estimate of drug-likeness (QED) is 0.784. The summed E-state index contributed by atoms with van der Waals surface area (Å²) in [6.45, 7) is 1.38. The number of benzene rings is 2. The number of ether oxygens (including phenoxy) is 2. The maximum Gasteiger partial charge on any atom is 0.339 e. The summed E-state index contributed by atoms with van der Waals surface area (Å²) < 4.78 is 36.4. The Morgan fingerprint density at radius 1 is 1.08 bits per heavy atom. The fraction of sp³-hybridized carbons (Fsp3) is 0.176. The van der Waals surface area contributed by atoms with Gasteiger partial charge in [0.1, 0.15) is 10.6 Å². The van der Waals surface area contributed by atoms with Gasteiger partial charge in [0.2, 0.25) is 0 Å². The summed E-state index contributed by atoms with van der Waals surface area (Å²) in [6, 6.07) is 12.4. The standard InChI is InChI=1S/C17H17NO6S/c1-12-6-5-7-13(10-12)24-11-16(19)18-25(21,22)15-9-4-3-8-14(15)17(20)23-2/h3-10H,11H2,1-2H3,(H,18,19). The lowest BCUT2D eigenvalue weighted by Gasteiger charge is -2.11. The van der Waals surface area contributed by atoms with Gasteiger partial charge in [-0.25, -0.2) is 17.9 Å². The average molecular weight is 363 g/mol. The average Bonchev–Trinajstić information content (AvgIpc) is 2.59. The van der Waals surface area contributed by atoms with Crippen LogP contribution in [0.3, 0.4) is 0 Å². The number of carbonyl (C=O) groups excluding carboxylic acids is 2. The number of methoxy groups -OCH3 is 1. The van der Waals surface area contributed by atoms with Crippen molar-refractivity contribution in [3.8, 4) is 5.75 Å². The molecule has 0 saturated heterocycles. The number of esters is 1. The van der Waals surface area contributed by atoms with Gasteiger partial charge in [-0.1, -0.05) is 24.3 Å². The van der Waals surface area contributed by atoms with Crippen LogP contribution in [-0.2, 0) is 19.6 Å². The molecule has 8 heteroatoms. The molecule has 0 saturated carbocycles. The molecule has 0 spiro atoms. The fourth-order valence-corrected chi connectivity index (χ4v) is 3.24. The highest BCUT2D eigenvalue weighted by molar-refractivity contribution is 7.90. The van der Waals surface area contributed by atoms with Crippen LogP contribution in [0.2, 0.25) is 0 Å². The van der Waals surface area contributed by atoms with Gasteiger partial charge in [0.25, 0.3) is 15.9 Å². The first-order valence-electron chi connectivity index (χ1n) is 7.26. The molecule has 25 heavy (non-hydrogen) atoms. The van der Waals surface area contributed by atoms with Crippen molar-refractivity contribution in [1.82, 2.24) is 4.72 Å². The molecule has 2 rings (SSSR count). The first kappa shape index (κ1) is 18.5. The molecule has 0 aliphatic carbocycles. The predicted molar refractivity (Wildman–Crippen MR) is 89.8 cm³/mol. The molecule has 2 aromatic rings. The van der Waals surface area contributed by atoms with E-state index in [-0.39, 0.29) is 10.5 Å². The number of nitrogens with one attached hydrogen (secondary N) is 1. The monoisotopic (exact) mass is 363 g/mol. The van der Waals surface area contributed by atoms with Crippen LogP contribution in [0.4, 0.5) is 0 Å². The second-order valence-corrected chi connectivity index (χ2v) is 6.77. The van der Waals surface area contributed by atoms with E-state index < -0.39 is 28.5 Å². The van der Waals surface area contributed by atoms with Crippen LogP contribution in [-0.4, -0.2) is 34.0 Å². The van der Waals surface area contributed by atoms with Crippen molar-refractivity contribution < 1.29 is 27.5 Å². The Morgan fingerprint density at radius 2 is 1.80 bits per heavy atom. The number of amides is 1. The number of carbonyl (C=O) groups is 2. The van der Waals surface area contributed by atoms with Gasteiger partial charge in [0, 0.05) is 0 Å². The number of rotatable bonds is 6. The number of aryl methyl sites for hydroxylation is 1. The molecule has 0 aliphatic rings. The van der Waals surface area contributed by atoms with Crippen LogP contribution in [0.5, 0.6) is 5.75 Å². The van der Waals surface area contributed by atoms with Gasteiger partial charge in [-0.3, -0.25) is 4.79 Å². The summed E-state index contributed by atoms with van der Waals surface area (Å²) >= 11 is 0. The lowest BCUT2D eigenvalue weighted by Crippen LogP contribution is -2.35. The molecule has 1 amide bonds. The molecule has 0 aliphatic heterocycles. The van der Waals surface area contributed by atoms with Gasteiger partial charge >= 0.3 is 5.97 Å². The predicted octanol–water partition coefficient (Wildman–Crippen LogP) is 1.67. The molecule has 132 valence electrons. The van der Waals surface area contributed by atoms with Crippen LogP contribution in [0.15, 0.2) is 53.4 Å². The molecule has 2 aromatic carbocycles. The largest absolute Gasteiger partial charge is 0.484 e. The Bertz CT molecular complexity index is 892. The van der Waals surface area contributed by atoms with E-state index in [1.165, 1.54) is 24.3 Å². The van der Waals surface area contributed by atoms with Gasteiger partial charge in [-0.2, -0.15) is 0 Å². The van der Waals surface area contributed by atoms with Crippen molar-refractivity contribution in [3.05, 3.63) is 59.7 Å².